The molecule has 1 aliphatic heterocycles. The molecule has 0 amide bonds. The Bertz CT molecular complexity index is 701. The van der Waals surface area contributed by atoms with Crippen molar-refractivity contribution in [3.63, 3.8) is 0 Å². The highest BCUT2D eigenvalue weighted by atomic mass is 35.5. The fourth-order valence-electron chi connectivity index (χ4n) is 3.26. The second kappa shape index (κ2) is 9.97. The summed E-state index contributed by atoms with van der Waals surface area (Å²) in [4.78, 5) is 6.58. The molecule has 0 bridgehead atoms. The summed E-state index contributed by atoms with van der Waals surface area (Å²) in [5.74, 6) is 1.29. The highest BCUT2D eigenvalue weighted by molar-refractivity contribution is 6.32. The number of pyridine rings is 1. The van der Waals surface area contributed by atoms with E-state index >= 15 is 0 Å². The first-order valence-electron chi connectivity index (χ1n) is 8.56. The van der Waals surface area contributed by atoms with Gasteiger partial charge in [0.25, 0.3) is 0 Å². The maximum absolute atomic E-state index is 6.40. The molecule has 142 valence electrons. The third kappa shape index (κ3) is 4.80. The van der Waals surface area contributed by atoms with E-state index < -0.39 is 0 Å². The number of halogens is 2. The SMILES string of the molecule is CCOc1cc(CN2CCNCC2c2ccncc2)cc(Cl)c1OC.Cl. The average Bonchev–Trinajstić information content (AvgIpc) is 2.63. The summed E-state index contributed by atoms with van der Waals surface area (Å²) < 4.78 is 11.1. The summed E-state index contributed by atoms with van der Waals surface area (Å²) in [6.45, 7) is 6.20. The van der Waals surface area contributed by atoms with Crippen molar-refractivity contribution in [2.24, 2.45) is 0 Å². The molecule has 1 saturated heterocycles. The van der Waals surface area contributed by atoms with Crippen molar-refractivity contribution in [1.82, 2.24) is 15.2 Å². The molecule has 26 heavy (non-hydrogen) atoms. The highest BCUT2D eigenvalue weighted by Crippen LogP contribution is 2.37. The quantitative estimate of drug-likeness (QED) is 0.804. The normalized spacial score (nSPS) is 17.4. The minimum atomic E-state index is 0. The second-order valence-corrected chi connectivity index (χ2v) is 6.42. The number of benzene rings is 1. The maximum atomic E-state index is 6.40. The summed E-state index contributed by atoms with van der Waals surface area (Å²) in [5, 5.41) is 4.06. The van der Waals surface area contributed by atoms with Crippen LogP contribution in [-0.2, 0) is 6.54 Å². The number of hydrogen-bond donors (Lipinski definition) is 1. The van der Waals surface area contributed by atoms with Gasteiger partial charge < -0.3 is 14.8 Å². The van der Waals surface area contributed by atoms with Crippen LogP contribution in [0.3, 0.4) is 0 Å². The number of ether oxygens (including phenoxy) is 2. The Balaban J connectivity index is 0.00000243. The van der Waals surface area contributed by atoms with Crippen LogP contribution in [0.4, 0.5) is 0 Å². The van der Waals surface area contributed by atoms with Crippen molar-refractivity contribution in [2.45, 2.75) is 19.5 Å². The van der Waals surface area contributed by atoms with E-state index in [0.717, 1.165) is 31.7 Å². The van der Waals surface area contributed by atoms with E-state index in [2.05, 4.69) is 27.3 Å². The Morgan fingerprint density at radius 2 is 2.08 bits per heavy atom. The van der Waals surface area contributed by atoms with Crippen LogP contribution in [0.1, 0.15) is 24.1 Å². The molecule has 1 fully saturated rings. The van der Waals surface area contributed by atoms with Gasteiger partial charge in [-0.3, -0.25) is 9.88 Å². The van der Waals surface area contributed by atoms with Gasteiger partial charge in [0.1, 0.15) is 0 Å². The van der Waals surface area contributed by atoms with Crippen LogP contribution in [0.2, 0.25) is 5.02 Å². The van der Waals surface area contributed by atoms with Gasteiger partial charge in [-0.2, -0.15) is 0 Å². The second-order valence-electron chi connectivity index (χ2n) is 6.01. The first-order chi connectivity index (χ1) is 12.2. The largest absolute Gasteiger partial charge is 0.491 e. The number of piperazine rings is 1. The molecule has 3 rings (SSSR count). The van der Waals surface area contributed by atoms with E-state index in [1.807, 2.05) is 31.5 Å². The van der Waals surface area contributed by atoms with Gasteiger partial charge in [-0.15, -0.1) is 12.4 Å². The number of nitrogens with one attached hydrogen (secondary N) is 1. The third-order valence-corrected chi connectivity index (χ3v) is 4.68. The molecule has 1 unspecified atom stereocenters. The maximum Gasteiger partial charge on any atom is 0.179 e. The Morgan fingerprint density at radius 3 is 2.77 bits per heavy atom. The lowest BCUT2D eigenvalue weighted by Gasteiger charge is -2.36. The van der Waals surface area contributed by atoms with E-state index in [9.17, 15) is 0 Å². The summed E-state index contributed by atoms with van der Waals surface area (Å²) in [7, 11) is 1.61. The number of hydrogen-bond acceptors (Lipinski definition) is 5. The Labute approximate surface area is 166 Å². The van der Waals surface area contributed by atoms with Gasteiger partial charge in [0.15, 0.2) is 11.5 Å². The van der Waals surface area contributed by atoms with Crippen LogP contribution >= 0.6 is 24.0 Å². The number of methoxy groups -OCH3 is 1. The van der Waals surface area contributed by atoms with Gasteiger partial charge >= 0.3 is 0 Å². The number of rotatable bonds is 6. The first kappa shape index (κ1) is 20.8. The molecule has 0 radical (unpaired) electrons. The molecular formula is C19H25Cl2N3O2. The molecule has 1 aliphatic rings. The van der Waals surface area contributed by atoms with Crippen molar-refractivity contribution in [3.8, 4) is 11.5 Å². The highest BCUT2D eigenvalue weighted by Gasteiger charge is 2.24. The van der Waals surface area contributed by atoms with Gasteiger partial charge in [-0.05, 0) is 42.3 Å². The third-order valence-electron chi connectivity index (χ3n) is 4.40. The number of nitrogens with zero attached hydrogens (tertiary/aromatic N) is 2. The van der Waals surface area contributed by atoms with Gasteiger partial charge in [-0.1, -0.05) is 11.6 Å². The minimum Gasteiger partial charge on any atom is -0.491 e. The van der Waals surface area contributed by atoms with E-state index in [0.29, 0.717) is 29.2 Å². The molecule has 2 heterocycles. The molecule has 1 aromatic carbocycles. The zero-order valence-electron chi connectivity index (χ0n) is 15.1. The molecular weight excluding hydrogens is 373 g/mol. The first-order valence-corrected chi connectivity index (χ1v) is 8.94. The van der Waals surface area contributed by atoms with Crippen LogP contribution in [0.5, 0.6) is 11.5 Å². The topological polar surface area (TPSA) is 46.6 Å². The van der Waals surface area contributed by atoms with Gasteiger partial charge in [0, 0.05) is 44.6 Å². The zero-order valence-corrected chi connectivity index (χ0v) is 16.6. The molecule has 7 heteroatoms. The Hall–Kier alpha value is -1.53. The van der Waals surface area contributed by atoms with Crippen LogP contribution < -0.4 is 14.8 Å². The lowest BCUT2D eigenvalue weighted by Crippen LogP contribution is -2.45. The monoisotopic (exact) mass is 397 g/mol. The molecule has 2 aromatic rings. The van der Waals surface area contributed by atoms with E-state index in [4.69, 9.17) is 21.1 Å². The van der Waals surface area contributed by atoms with Crippen LogP contribution in [0.25, 0.3) is 0 Å². The molecule has 5 nitrogen and oxygen atoms in total. The van der Waals surface area contributed by atoms with Crippen molar-refractivity contribution in [3.05, 3.63) is 52.8 Å². The van der Waals surface area contributed by atoms with Crippen molar-refractivity contribution in [1.29, 1.82) is 0 Å². The fourth-order valence-corrected chi connectivity index (χ4v) is 3.57. The van der Waals surface area contributed by atoms with Gasteiger partial charge in [0.2, 0.25) is 0 Å². The minimum absolute atomic E-state index is 0. The van der Waals surface area contributed by atoms with Crippen molar-refractivity contribution in [2.75, 3.05) is 33.4 Å². The van der Waals surface area contributed by atoms with Crippen molar-refractivity contribution >= 4 is 24.0 Å². The van der Waals surface area contributed by atoms with Gasteiger partial charge in [-0.25, -0.2) is 0 Å². The smallest absolute Gasteiger partial charge is 0.179 e. The number of aromatic nitrogens is 1. The standard InChI is InChI=1S/C19H24ClN3O2.ClH/c1-3-25-18-11-14(10-16(20)19(18)24-2)13-23-9-8-22-12-17(23)15-4-6-21-7-5-15;/h4-7,10-11,17,22H,3,8-9,12-13H2,1-2H3;1H. The van der Waals surface area contributed by atoms with Crippen molar-refractivity contribution < 1.29 is 9.47 Å². The molecule has 0 aliphatic carbocycles. The molecule has 0 spiro atoms. The van der Waals surface area contributed by atoms with E-state index in [1.54, 1.807) is 7.11 Å². The summed E-state index contributed by atoms with van der Waals surface area (Å²) in [5.41, 5.74) is 2.39. The van der Waals surface area contributed by atoms with Crippen LogP contribution in [0, 0.1) is 0 Å². The van der Waals surface area contributed by atoms with E-state index in [1.165, 1.54) is 5.56 Å². The van der Waals surface area contributed by atoms with E-state index in [-0.39, 0.29) is 12.4 Å². The predicted molar refractivity (Wildman–Crippen MR) is 107 cm³/mol. The molecule has 1 atom stereocenters. The van der Waals surface area contributed by atoms with Crippen LogP contribution in [-0.4, -0.2) is 43.2 Å². The lowest BCUT2D eigenvalue weighted by molar-refractivity contribution is 0.153. The molecule has 1 aromatic heterocycles. The zero-order chi connectivity index (χ0) is 17.6. The average molecular weight is 398 g/mol. The molecule has 0 saturated carbocycles. The lowest BCUT2D eigenvalue weighted by atomic mass is 10.0. The predicted octanol–water partition coefficient (Wildman–Crippen LogP) is 3.71. The van der Waals surface area contributed by atoms with Crippen LogP contribution in [0.15, 0.2) is 36.7 Å². The fraction of sp³-hybridized carbons (Fsp3) is 0.421. The Kier molecular flexibility index (Phi) is 7.97. The Morgan fingerprint density at radius 1 is 1.31 bits per heavy atom. The summed E-state index contributed by atoms with van der Waals surface area (Å²) in [6, 6.07) is 8.47. The molecule has 1 N–H and O–H groups in total. The summed E-state index contributed by atoms with van der Waals surface area (Å²) >= 11 is 6.40. The summed E-state index contributed by atoms with van der Waals surface area (Å²) in [6.07, 6.45) is 3.69. The van der Waals surface area contributed by atoms with Gasteiger partial charge in [0.05, 0.1) is 18.7 Å².